The summed E-state index contributed by atoms with van der Waals surface area (Å²) in [7, 11) is -5.12. The van der Waals surface area contributed by atoms with Crippen LogP contribution in [0.15, 0.2) is 11.6 Å². The summed E-state index contributed by atoms with van der Waals surface area (Å²) in [6.07, 6.45) is -40.8. The summed E-state index contributed by atoms with van der Waals surface area (Å²) in [5.41, 5.74) is -0.687. The predicted octanol–water partition coefficient (Wildman–Crippen LogP) is -2.71. The monoisotopic (exact) mass is 1350 g/mol. The Morgan fingerprint density at radius 2 is 1.10 bits per heavy atom. The predicted molar refractivity (Wildman–Crippen MR) is 309 cm³/mol. The van der Waals surface area contributed by atoms with E-state index in [-0.39, 0.29) is 36.0 Å². The number of rotatable bonds is 19. The Labute approximate surface area is 535 Å². The second-order valence-corrected chi connectivity index (χ2v) is 30.0. The average molecular weight is 1350 g/mol. The van der Waals surface area contributed by atoms with Crippen molar-refractivity contribution in [1.82, 2.24) is 0 Å². The van der Waals surface area contributed by atoms with Crippen molar-refractivity contribution in [2.45, 2.75) is 316 Å². The maximum atomic E-state index is 12.5. The fourth-order valence-electron chi connectivity index (χ4n) is 16.9. The fraction of sp³-hybridized carbons (Fsp3) is 0.967. The highest BCUT2D eigenvalue weighted by Crippen LogP contribution is 2.67. The number of allylic oxidation sites excluding steroid dienone is 2. The van der Waals surface area contributed by atoms with Crippen LogP contribution in [0.2, 0.25) is 0 Å². The minimum absolute atomic E-state index is 0.0229. The first-order chi connectivity index (χ1) is 43.0. The molecule has 0 aromatic carbocycles. The van der Waals surface area contributed by atoms with Crippen LogP contribution in [0.25, 0.3) is 0 Å². The molecule has 10 aliphatic rings. The number of fused-ring (bicyclic) bond motifs is 5. The summed E-state index contributed by atoms with van der Waals surface area (Å²) in [6.45, 7) is 15.1. The minimum Gasteiger partial charge on any atom is -0.726 e. The molecule has 37 atom stereocenters. The number of ether oxygens (including phenoxy) is 12. The third-order valence-electron chi connectivity index (χ3n) is 22.2. The lowest BCUT2D eigenvalue weighted by atomic mass is 9.47. The molecule has 0 aromatic heterocycles. The second kappa shape index (κ2) is 28.7. The molecular weight excluding hydrogens is 1240 g/mol. The zero-order valence-corrected chi connectivity index (χ0v) is 54.3. The molecule has 6 saturated heterocycles. The molecular formula is C61H101O30S-. The van der Waals surface area contributed by atoms with E-state index in [1.165, 1.54) is 33.3 Å². The van der Waals surface area contributed by atoms with E-state index in [2.05, 4.69) is 33.8 Å². The van der Waals surface area contributed by atoms with E-state index in [0.29, 0.717) is 31.6 Å². The first kappa shape index (κ1) is 73.3. The summed E-state index contributed by atoms with van der Waals surface area (Å²) >= 11 is 0. The molecule has 0 amide bonds. The number of hydrogen-bond acceptors (Lipinski definition) is 30. The van der Waals surface area contributed by atoms with Crippen molar-refractivity contribution in [1.29, 1.82) is 0 Å². The lowest BCUT2D eigenvalue weighted by Gasteiger charge is -2.60. The molecule has 4 aliphatic carbocycles. The van der Waals surface area contributed by atoms with Gasteiger partial charge in [-0.3, -0.25) is 4.18 Å². The van der Waals surface area contributed by atoms with Gasteiger partial charge in [-0.25, -0.2) is 8.42 Å². The molecule has 3 saturated carbocycles. The van der Waals surface area contributed by atoms with Crippen molar-refractivity contribution in [3.63, 3.8) is 0 Å². The van der Waals surface area contributed by atoms with E-state index < -0.39 is 225 Å². The maximum Gasteiger partial charge on any atom is 0.217 e. The van der Waals surface area contributed by atoms with Gasteiger partial charge in [-0.1, -0.05) is 52.2 Å². The van der Waals surface area contributed by atoms with Crippen molar-refractivity contribution in [2.24, 2.45) is 40.4 Å². The first-order valence-corrected chi connectivity index (χ1v) is 34.1. The fourth-order valence-corrected chi connectivity index (χ4v) is 17.4. The summed E-state index contributed by atoms with van der Waals surface area (Å²) in [4.78, 5) is 0. The molecule has 31 heteroatoms. The van der Waals surface area contributed by atoms with Crippen LogP contribution in [0.3, 0.4) is 0 Å². The molecule has 0 unspecified atom stereocenters. The summed E-state index contributed by atoms with van der Waals surface area (Å²) in [6, 6.07) is 0. The van der Waals surface area contributed by atoms with Crippen LogP contribution in [0, 0.1) is 40.4 Å². The standard InChI is InChI=1S/C61H102O30S/c1-23(2)11-10-16-61(9,75)36-13-12-30-29-20-34(32-19-28(91-92(76,77)78)14-17-59(32,7)31(29)15-18-60(30,36)8)85-56-48(74)50(39(65)26(5)83-56)88-57-51(89-54-45(71)42(68)37(63)24(3)81-54)41(67)35(22-80-57)86-58-52(90-55-46(72)43(69)38(64)25(4)82-55)47(73)49(27(6)84-58)87-53-44(70)40(66)33(62)21-79-53/h15,23-30,32-58,62-75H,10-14,16-22H2,1-9H3,(H,76,77,78)/p-1/t24-,25-,26-,27-,28+,29+,30+,32-,33+,34+,35-,36+,37-,38+,39-,40+,41+,42+,43+,44-,45-,46-,47+,48-,49-,50+,51-,52-,53+,54+,55+,56+,57+,58+,59-,60+,61-/m1/s1. The molecule has 0 radical (unpaired) electrons. The van der Waals surface area contributed by atoms with Crippen molar-refractivity contribution in [3.05, 3.63) is 11.6 Å². The van der Waals surface area contributed by atoms with Crippen LogP contribution in [0.1, 0.15) is 127 Å². The van der Waals surface area contributed by atoms with Crippen LogP contribution >= 0.6 is 0 Å². The Kier molecular flexibility index (Phi) is 22.8. The highest BCUT2D eigenvalue weighted by atomic mass is 32.3. The van der Waals surface area contributed by atoms with E-state index in [4.69, 9.17) is 61.0 Å². The van der Waals surface area contributed by atoms with Gasteiger partial charge < -0.3 is 133 Å². The SMILES string of the molecule is CC(C)CCC[C@@](C)(O)[C@H]1CC[C@H]2[C@@H]3C[C@H](O[C@@H]4O[C@H](C)[C@@H](O)[C@H](O[C@@H]5OC[C@@H](O[C@@H]6O[C@H](C)[C@@H](O[C@@H]7OC[C@H](O)[C@H](O)[C@H]7O)[C@H](O)[C@H]6O[C@@H]6O[C@H](C)[C@H](O)[C@H](O)[C@H]6O)[C@H](O)[C@H]5O[C@@H]5O[C@H](C)[C@@H](O)[C@H](O)[C@H]5O)[C@H]4O)[C@H]4C[C@@H](OS(=O)(=O)[O-])CC[C@]4(C)C3=CC[C@@]21C. The molecule has 6 aliphatic heterocycles. The largest absolute Gasteiger partial charge is 0.726 e. The Hall–Kier alpha value is -1.43. The van der Waals surface area contributed by atoms with Gasteiger partial charge in [0.05, 0.1) is 55.4 Å². The van der Waals surface area contributed by atoms with Gasteiger partial charge in [0.2, 0.25) is 10.4 Å². The lowest BCUT2D eigenvalue weighted by molar-refractivity contribution is -0.403. The van der Waals surface area contributed by atoms with Crippen molar-refractivity contribution >= 4 is 10.4 Å². The van der Waals surface area contributed by atoms with Crippen LogP contribution < -0.4 is 0 Å². The van der Waals surface area contributed by atoms with Crippen molar-refractivity contribution in [3.8, 4) is 0 Å². The van der Waals surface area contributed by atoms with Gasteiger partial charge in [0.15, 0.2) is 37.7 Å². The molecule has 0 bridgehead atoms. The van der Waals surface area contributed by atoms with Crippen LogP contribution in [0.4, 0.5) is 0 Å². The first-order valence-electron chi connectivity index (χ1n) is 32.7. The molecule has 14 N–H and O–H groups in total. The Balaban J connectivity index is 0.915. The van der Waals surface area contributed by atoms with Gasteiger partial charge in [-0.2, -0.15) is 0 Å². The third-order valence-corrected chi connectivity index (χ3v) is 22.7. The number of aliphatic hydroxyl groups excluding tert-OH is 13. The molecule has 532 valence electrons. The highest BCUT2D eigenvalue weighted by Gasteiger charge is 2.64. The Morgan fingerprint density at radius 1 is 0.565 bits per heavy atom. The van der Waals surface area contributed by atoms with E-state index in [1.54, 1.807) is 0 Å². The Morgan fingerprint density at radius 3 is 1.71 bits per heavy atom. The van der Waals surface area contributed by atoms with E-state index in [1.807, 2.05) is 6.92 Å². The normalized spacial score (nSPS) is 52.6. The van der Waals surface area contributed by atoms with E-state index in [0.717, 1.165) is 25.7 Å². The molecule has 0 spiro atoms. The van der Waals surface area contributed by atoms with Gasteiger partial charge in [-0.05, 0) is 126 Å². The van der Waals surface area contributed by atoms with Crippen LogP contribution in [-0.2, 0) is 71.4 Å². The highest BCUT2D eigenvalue weighted by molar-refractivity contribution is 7.80. The van der Waals surface area contributed by atoms with Crippen LogP contribution in [-0.4, -0.2) is 288 Å². The smallest absolute Gasteiger partial charge is 0.217 e. The summed E-state index contributed by atoms with van der Waals surface area (Å²) in [5, 5.41) is 158. The molecule has 10 rings (SSSR count). The molecule has 9 fully saturated rings. The molecule has 92 heavy (non-hydrogen) atoms. The molecule has 0 aromatic rings. The summed E-state index contributed by atoms with van der Waals surface area (Å²) < 4.78 is 115. The third kappa shape index (κ3) is 14.6. The van der Waals surface area contributed by atoms with Crippen molar-refractivity contribution in [2.75, 3.05) is 13.2 Å². The topological polar surface area (TPSA) is 460 Å². The Bertz CT molecular complexity index is 2590. The van der Waals surface area contributed by atoms with Gasteiger partial charge in [0, 0.05) is 0 Å². The van der Waals surface area contributed by atoms with Gasteiger partial charge >= 0.3 is 0 Å². The quantitative estimate of drug-likeness (QED) is 0.0355. The van der Waals surface area contributed by atoms with E-state index in [9.17, 15) is 84.5 Å². The number of aliphatic hydroxyl groups is 14. The second-order valence-electron chi connectivity index (χ2n) is 29.0. The van der Waals surface area contributed by atoms with Crippen molar-refractivity contribution < 1.29 is 145 Å². The van der Waals surface area contributed by atoms with E-state index >= 15 is 0 Å². The summed E-state index contributed by atoms with van der Waals surface area (Å²) in [5.74, 6) is -0.0364. The zero-order chi connectivity index (χ0) is 67.2. The van der Waals surface area contributed by atoms with Gasteiger partial charge in [0.1, 0.15) is 110 Å². The zero-order valence-electron chi connectivity index (χ0n) is 53.5. The molecule has 30 nitrogen and oxygen atoms in total. The maximum absolute atomic E-state index is 12.5. The van der Waals surface area contributed by atoms with Gasteiger partial charge in [0.25, 0.3) is 0 Å². The minimum atomic E-state index is -5.12. The molecule has 6 heterocycles. The lowest BCUT2D eigenvalue weighted by Crippen LogP contribution is -2.67. The van der Waals surface area contributed by atoms with Gasteiger partial charge in [-0.15, -0.1) is 0 Å². The number of hydrogen-bond donors (Lipinski definition) is 14. The average Bonchev–Trinajstić information content (AvgIpc) is 1.34. The van der Waals surface area contributed by atoms with Crippen LogP contribution in [0.5, 0.6) is 0 Å².